The van der Waals surface area contributed by atoms with E-state index in [1.54, 1.807) is 6.07 Å². The van der Waals surface area contributed by atoms with E-state index in [4.69, 9.17) is 28.2 Å². The van der Waals surface area contributed by atoms with Crippen LogP contribution >= 0.6 is 39.1 Å². The van der Waals surface area contributed by atoms with Crippen LogP contribution in [0.5, 0.6) is 0 Å². The molecule has 23 heavy (non-hydrogen) atoms. The van der Waals surface area contributed by atoms with Crippen LogP contribution in [0.1, 0.15) is 18.1 Å². The van der Waals surface area contributed by atoms with Crippen LogP contribution in [0.2, 0.25) is 10.0 Å². The van der Waals surface area contributed by atoms with Crippen molar-refractivity contribution >= 4 is 50.7 Å². The number of amidine groups is 1. The average Bonchev–Trinajstić information content (AvgIpc) is 2.54. The molecule has 0 aliphatic carbocycles. The highest BCUT2D eigenvalue weighted by Crippen LogP contribution is 2.28. The number of likely N-dealkylation sites (N-methyl/N-ethyl adjacent to an activating group) is 1. The molecule has 2 aromatic rings. The van der Waals surface area contributed by atoms with Crippen LogP contribution in [-0.4, -0.2) is 12.9 Å². The normalized spacial score (nSPS) is 12.4. The molecule has 0 saturated heterocycles. The maximum absolute atomic E-state index is 6.29. The zero-order valence-electron chi connectivity index (χ0n) is 12.9. The highest BCUT2D eigenvalue weighted by Gasteiger charge is 2.08. The highest BCUT2D eigenvalue weighted by molar-refractivity contribution is 9.10. The fourth-order valence-electron chi connectivity index (χ4n) is 2.10. The zero-order valence-corrected chi connectivity index (χ0v) is 16.0. The van der Waals surface area contributed by atoms with Gasteiger partial charge in [0.2, 0.25) is 0 Å². The Labute approximate surface area is 155 Å². The third-order valence-electron chi connectivity index (χ3n) is 3.31. The molecule has 0 bridgehead atoms. The molecule has 2 nitrogen and oxygen atoms in total. The maximum atomic E-state index is 6.29. The Kier molecular flexibility index (Phi) is 6.70. The number of allylic oxidation sites excluding steroid dienone is 1. The number of nitrogens with one attached hydrogen (secondary N) is 1. The van der Waals surface area contributed by atoms with Crippen molar-refractivity contribution in [2.45, 2.75) is 13.3 Å². The predicted octanol–water partition coefficient (Wildman–Crippen LogP) is 5.98. The van der Waals surface area contributed by atoms with Crippen molar-refractivity contribution in [2.75, 3.05) is 7.05 Å². The first-order valence-corrected chi connectivity index (χ1v) is 8.70. The Balaban J connectivity index is 2.28. The van der Waals surface area contributed by atoms with Gasteiger partial charge >= 0.3 is 0 Å². The molecule has 0 saturated carbocycles. The number of halogens is 3. The number of benzene rings is 2. The molecule has 2 rings (SSSR count). The summed E-state index contributed by atoms with van der Waals surface area (Å²) >= 11 is 15.7. The maximum Gasteiger partial charge on any atom is 0.106 e. The first-order chi connectivity index (χ1) is 11.0. The van der Waals surface area contributed by atoms with Crippen molar-refractivity contribution in [3.05, 3.63) is 74.2 Å². The molecule has 0 aliphatic rings. The first-order valence-electron chi connectivity index (χ1n) is 7.15. The van der Waals surface area contributed by atoms with Gasteiger partial charge in [0.25, 0.3) is 0 Å². The Morgan fingerprint density at radius 3 is 2.43 bits per heavy atom. The standard InChI is InChI=1S/C18H17BrCl2N2/c1-3-17(15-9-8-14(20)11-16(15)21)23-18(22-2)10-12-4-6-13(19)7-5-12/h3-9,11H,10H2,1-2H3,(H,22,23)/b17-3+. The lowest BCUT2D eigenvalue weighted by Crippen LogP contribution is -2.21. The van der Waals surface area contributed by atoms with E-state index in [0.717, 1.165) is 21.6 Å². The van der Waals surface area contributed by atoms with E-state index in [1.807, 2.05) is 44.3 Å². The van der Waals surface area contributed by atoms with Crippen LogP contribution < -0.4 is 5.32 Å². The van der Waals surface area contributed by atoms with Crippen LogP contribution in [0.4, 0.5) is 0 Å². The summed E-state index contributed by atoms with van der Waals surface area (Å²) in [7, 11) is 1.87. The summed E-state index contributed by atoms with van der Waals surface area (Å²) in [5.41, 5.74) is 2.86. The molecule has 0 fully saturated rings. The molecule has 0 aliphatic heterocycles. The molecular formula is C18H17BrCl2N2. The van der Waals surface area contributed by atoms with E-state index in [-0.39, 0.29) is 0 Å². The molecule has 0 radical (unpaired) electrons. The van der Waals surface area contributed by atoms with Gasteiger partial charge in [0.1, 0.15) is 5.84 Å². The van der Waals surface area contributed by atoms with Gasteiger partial charge in [-0.15, -0.1) is 0 Å². The molecule has 0 heterocycles. The molecule has 0 aromatic heterocycles. The second-order valence-electron chi connectivity index (χ2n) is 4.91. The SMILES string of the molecule is C/C=C(/N=C(/Cc1ccc(Br)cc1)NC)c1ccc(Cl)cc1Cl. The van der Waals surface area contributed by atoms with E-state index in [1.165, 1.54) is 5.56 Å². The van der Waals surface area contributed by atoms with E-state index < -0.39 is 0 Å². The number of hydrogen-bond acceptors (Lipinski definition) is 1. The lowest BCUT2D eigenvalue weighted by atomic mass is 10.1. The van der Waals surface area contributed by atoms with Crippen molar-refractivity contribution in [2.24, 2.45) is 4.99 Å². The van der Waals surface area contributed by atoms with Crippen LogP contribution in [-0.2, 0) is 6.42 Å². The van der Waals surface area contributed by atoms with Crippen molar-refractivity contribution in [1.82, 2.24) is 5.32 Å². The minimum absolute atomic E-state index is 0.591. The molecule has 120 valence electrons. The smallest absolute Gasteiger partial charge is 0.106 e. The molecule has 2 aromatic carbocycles. The monoisotopic (exact) mass is 410 g/mol. The molecule has 0 amide bonds. The lowest BCUT2D eigenvalue weighted by molar-refractivity contribution is 1.10. The Morgan fingerprint density at radius 1 is 1.17 bits per heavy atom. The van der Waals surface area contributed by atoms with Crippen LogP contribution in [0.15, 0.2) is 58.0 Å². The van der Waals surface area contributed by atoms with Crippen LogP contribution in [0.3, 0.4) is 0 Å². The lowest BCUT2D eigenvalue weighted by Gasteiger charge is -2.10. The van der Waals surface area contributed by atoms with Gasteiger partial charge in [0, 0.05) is 28.5 Å². The van der Waals surface area contributed by atoms with Gasteiger partial charge in [0.15, 0.2) is 0 Å². The fourth-order valence-corrected chi connectivity index (χ4v) is 2.87. The van der Waals surface area contributed by atoms with E-state index in [9.17, 15) is 0 Å². The third-order valence-corrected chi connectivity index (χ3v) is 4.39. The molecule has 5 heteroatoms. The average molecular weight is 412 g/mol. The summed E-state index contributed by atoms with van der Waals surface area (Å²) in [5.74, 6) is 0.867. The number of rotatable bonds is 4. The van der Waals surface area contributed by atoms with Gasteiger partial charge in [-0.1, -0.05) is 57.3 Å². The second-order valence-corrected chi connectivity index (χ2v) is 6.67. The molecule has 0 unspecified atom stereocenters. The topological polar surface area (TPSA) is 24.4 Å². The Bertz CT molecular complexity index is 737. The van der Waals surface area contributed by atoms with Gasteiger partial charge in [0.05, 0.1) is 10.7 Å². The fraction of sp³-hybridized carbons (Fsp3) is 0.167. The highest BCUT2D eigenvalue weighted by atomic mass is 79.9. The van der Waals surface area contributed by atoms with Gasteiger partial charge < -0.3 is 5.32 Å². The minimum Gasteiger partial charge on any atom is -0.376 e. The van der Waals surface area contributed by atoms with Crippen LogP contribution in [0.25, 0.3) is 5.70 Å². The van der Waals surface area contributed by atoms with Crippen molar-refractivity contribution in [3.63, 3.8) is 0 Å². The van der Waals surface area contributed by atoms with Gasteiger partial charge in [-0.25, -0.2) is 4.99 Å². The quantitative estimate of drug-likeness (QED) is 0.485. The zero-order chi connectivity index (χ0) is 16.8. The molecule has 0 spiro atoms. The molecule has 1 N–H and O–H groups in total. The summed E-state index contributed by atoms with van der Waals surface area (Å²) < 4.78 is 1.06. The summed E-state index contributed by atoms with van der Waals surface area (Å²) in [5, 5.41) is 4.36. The summed E-state index contributed by atoms with van der Waals surface area (Å²) in [4.78, 5) is 4.72. The van der Waals surface area contributed by atoms with E-state index in [0.29, 0.717) is 16.5 Å². The van der Waals surface area contributed by atoms with Crippen LogP contribution in [0, 0.1) is 0 Å². The van der Waals surface area contributed by atoms with E-state index in [2.05, 4.69) is 33.4 Å². The minimum atomic E-state index is 0.591. The van der Waals surface area contributed by atoms with Gasteiger partial charge in [-0.3, -0.25) is 0 Å². The number of hydrogen-bond donors (Lipinski definition) is 1. The Morgan fingerprint density at radius 2 is 1.87 bits per heavy atom. The second kappa shape index (κ2) is 8.53. The number of aliphatic imine (C=N–C) groups is 1. The third kappa shape index (κ3) is 5.10. The largest absolute Gasteiger partial charge is 0.376 e. The van der Waals surface area contributed by atoms with E-state index >= 15 is 0 Å². The summed E-state index contributed by atoms with van der Waals surface area (Å²) in [6.07, 6.45) is 2.65. The van der Waals surface area contributed by atoms with Crippen molar-refractivity contribution in [3.8, 4) is 0 Å². The summed E-state index contributed by atoms with van der Waals surface area (Å²) in [6, 6.07) is 13.6. The Hall–Kier alpha value is -1.29. The first kappa shape index (κ1) is 18.1. The van der Waals surface area contributed by atoms with Crippen molar-refractivity contribution < 1.29 is 0 Å². The van der Waals surface area contributed by atoms with Crippen molar-refractivity contribution in [1.29, 1.82) is 0 Å². The molecule has 0 atom stereocenters. The number of nitrogens with zero attached hydrogens (tertiary/aromatic N) is 1. The summed E-state index contributed by atoms with van der Waals surface area (Å²) in [6.45, 7) is 1.94. The van der Waals surface area contributed by atoms with Gasteiger partial charge in [-0.05, 0) is 42.8 Å². The van der Waals surface area contributed by atoms with Gasteiger partial charge in [-0.2, -0.15) is 0 Å². The predicted molar refractivity (Wildman–Crippen MR) is 104 cm³/mol. The molecular weight excluding hydrogens is 395 g/mol.